The van der Waals surface area contributed by atoms with Crippen molar-refractivity contribution in [1.29, 1.82) is 0 Å². The van der Waals surface area contributed by atoms with E-state index in [-0.39, 0.29) is 5.56 Å². The first-order valence-corrected chi connectivity index (χ1v) is 6.45. The number of benzene rings is 2. The van der Waals surface area contributed by atoms with Gasteiger partial charge in [-0.05, 0) is 23.6 Å². The maximum atomic E-state index is 13.7. The van der Waals surface area contributed by atoms with Gasteiger partial charge in [0.2, 0.25) is 0 Å². The Kier molecular flexibility index (Phi) is 4.45. The Hall–Kier alpha value is -1.81. The lowest BCUT2D eigenvalue weighted by Crippen LogP contribution is -2.06. The van der Waals surface area contributed by atoms with Crippen LogP contribution in [-0.2, 0) is 6.42 Å². The lowest BCUT2D eigenvalue weighted by molar-refractivity contribution is 0.212. The average Bonchev–Trinajstić information content (AvgIpc) is 2.45. The van der Waals surface area contributed by atoms with Gasteiger partial charge in [0.25, 0.3) is 0 Å². The molecule has 0 heterocycles. The molecule has 1 N–H and O–H groups in total. The van der Waals surface area contributed by atoms with Crippen LogP contribution in [0.3, 0.4) is 0 Å². The molecule has 0 aliphatic carbocycles. The van der Waals surface area contributed by atoms with Gasteiger partial charge in [-0.25, -0.2) is 13.2 Å². The van der Waals surface area contributed by atoms with Crippen molar-refractivity contribution in [2.24, 2.45) is 0 Å². The number of halogens is 3. The van der Waals surface area contributed by atoms with Crippen LogP contribution >= 0.6 is 0 Å². The zero-order valence-electron chi connectivity index (χ0n) is 11.0. The van der Waals surface area contributed by atoms with Gasteiger partial charge in [-0.15, -0.1) is 0 Å². The van der Waals surface area contributed by atoms with Crippen LogP contribution in [0.2, 0.25) is 0 Å². The summed E-state index contributed by atoms with van der Waals surface area (Å²) < 4.78 is 39.8. The van der Waals surface area contributed by atoms with Crippen LogP contribution in [0, 0.1) is 17.5 Å². The first-order chi connectivity index (χ1) is 9.54. The van der Waals surface area contributed by atoms with E-state index in [0.29, 0.717) is 5.56 Å². The molecular weight excluding hydrogens is 265 g/mol. The van der Waals surface area contributed by atoms with Gasteiger partial charge >= 0.3 is 0 Å². The monoisotopic (exact) mass is 280 g/mol. The lowest BCUT2D eigenvalue weighted by atomic mass is 9.98. The fourth-order valence-electron chi connectivity index (χ4n) is 2.14. The molecule has 0 aliphatic heterocycles. The maximum Gasteiger partial charge on any atom is 0.194 e. The topological polar surface area (TPSA) is 20.2 Å². The summed E-state index contributed by atoms with van der Waals surface area (Å²) in [5, 5.41) is 10.2. The number of rotatable bonds is 4. The predicted molar refractivity (Wildman–Crippen MR) is 70.8 cm³/mol. The zero-order valence-corrected chi connectivity index (χ0v) is 11.0. The Balaban J connectivity index is 2.38. The van der Waals surface area contributed by atoms with E-state index in [1.807, 2.05) is 13.0 Å². The second-order valence-corrected chi connectivity index (χ2v) is 4.66. The summed E-state index contributed by atoms with van der Waals surface area (Å²) in [6.45, 7) is 2.03. The van der Waals surface area contributed by atoms with E-state index >= 15 is 0 Å². The van der Waals surface area contributed by atoms with Gasteiger partial charge in [0.15, 0.2) is 17.5 Å². The molecule has 2 aromatic rings. The van der Waals surface area contributed by atoms with E-state index in [1.165, 1.54) is 0 Å². The molecule has 20 heavy (non-hydrogen) atoms. The highest BCUT2D eigenvalue weighted by Gasteiger charge is 2.20. The number of aliphatic hydroxyl groups excluding tert-OH is 1. The number of aryl methyl sites for hydroxylation is 1. The van der Waals surface area contributed by atoms with Crippen LogP contribution in [0.15, 0.2) is 36.4 Å². The van der Waals surface area contributed by atoms with Crippen molar-refractivity contribution in [1.82, 2.24) is 0 Å². The summed E-state index contributed by atoms with van der Waals surface area (Å²) >= 11 is 0. The molecule has 4 heteroatoms. The van der Waals surface area contributed by atoms with Crippen molar-refractivity contribution in [3.8, 4) is 0 Å². The molecule has 2 aromatic carbocycles. The summed E-state index contributed by atoms with van der Waals surface area (Å²) in [5.74, 6) is -4.18. The molecule has 0 saturated carbocycles. The van der Waals surface area contributed by atoms with Gasteiger partial charge in [0.1, 0.15) is 6.10 Å². The smallest absolute Gasteiger partial charge is 0.194 e. The molecule has 0 radical (unpaired) electrons. The predicted octanol–water partition coefficient (Wildman–Crippen LogP) is 4.14. The summed E-state index contributed by atoms with van der Waals surface area (Å²) in [6, 6.07) is 8.90. The number of aliphatic hydroxyl groups is 1. The van der Waals surface area contributed by atoms with Crippen molar-refractivity contribution >= 4 is 0 Å². The SMILES string of the molecule is CCCc1cccc(C(O)c2ccc(F)c(F)c2F)c1. The number of hydrogen-bond donors (Lipinski definition) is 1. The molecule has 0 aromatic heterocycles. The molecule has 1 atom stereocenters. The molecule has 1 unspecified atom stereocenters. The summed E-state index contributed by atoms with van der Waals surface area (Å²) in [6.07, 6.45) is 0.460. The van der Waals surface area contributed by atoms with Gasteiger partial charge in [0.05, 0.1) is 0 Å². The first kappa shape index (κ1) is 14.6. The average molecular weight is 280 g/mol. The van der Waals surface area contributed by atoms with Crippen molar-refractivity contribution < 1.29 is 18.3 Å². The first-order valence-electron chi connectivity index (χ1n) is 6.45. The molecule has 0 bridgehead atoms. The quantitative estimate of drug-likeness (QED) is 0.835. The maximum absolute atomic E-state index is 13.7. The molecule has 0 fully saturated rings. The van der Waals surface area contributed by atoms with E-state index in [2.05, 4.69) is 0 Å². The van der Waals surface area contributed by atoms with Gasteiger partial charge in [0, 0.05) is 5.56 Å². The van der Waals surface area contributed by atoms with Crippen molar-refractivity contribution in [2.45, 2.75) is 25.9 Å². The highest BCUT2D eigenvalue weighted by molar-refractivity contribution is 5.34. The minimum Gasteiger partial charge on any atom is -0.384 e. The van der Waals surface area contributed by atoms with Crippen molar-refractivity contribution in [2.75, 3.05) is 0 Å². The lowest BCUT2D eigenvalue weighted by Gasteiger charge is -2.14. The molecule has 106 valence electrons. The van der Waals surface area contributed by atoms with Gasteiger partial charge in [-0.1, -0.05) is 43.7 Å². The third-order valence-corrected chi connectivity index (χ3v) is 3.17. The van der Waals surface area contributed by atoms with Gasteiger partial charge < -0.3 is 5.11 Å². The Labute approximate surface area is 115 Å². The van der Waals surface area contributed by atoms with Gasteiger partial charge in [-0.3, -0.25) is 0 Å². The standard InChI is InChI=1S/C16H15F3O/c1-2-4-10-5-3-6-11(9-10)16(20)12-7-8-13(17)15(19)14(12)18/h3,5-9,16,20H,2,4H2,1H3. The molecule has 1 nitrogen and oxygen atoms in total. The summed E-state index contributed by atoms with van der Waals surface area (Å²) in [5.41, 5.74) is 1.20. The molecule has 2 rings (SSSR count). The van der Waals surface area contributed by atoms with E-state index in [9.17, 15) is 18.3 Å². The Bertz CT molecular complexity index is 611. The third-order valence-electron chi connectivity index (χ3n) is 3.17. The minimum atomic E-state index is -1.56. The molecule has 0 spiro atoms. The van der Waals surface area contributed by atoms with Crippen molar-refractivity contribution in [3.63, 3.8) is 0 Å². The van der Waals surface area contributed by atoms with Crippen LogP contribution < -0.4 is 0 Å². The van der Waals surface area contributed by atoms with Crippen LogP contribution in [0.4, 0.5) is 13.2 Å². The second-order valence-electron chi connectivity index (χ2n) is 4.66. The largest absolute Gasteiger partial charge is 0.384 e. The molecule has 0 amide bonds. The summed E-state index contributed by atoms with van der Waals surface area (Å²) in [7, 11) is 0. The Morgan fingerprint density at radius 3 is 2.50 bits per heavy atom. The molecule has 0 aliphatic rings. The van der Waals surface area contributed by atoms with Crippen molar-refractivity contribution in [3.05, 3.63) is 70.5 Å². The fourth-order valence-corrected chi connectivity index (χ4v) is 2.14. The second kappa shape index (κ2) is 6.09. The Morgan fingerprint density at radius 2 is 1.80 bits per heavy atom. The third kappa shape index (κ3) is 2.85. The van der Waals surface area contributed by atoms with E-state index in [0.717, 1.165) is 30.5 Å². The van der Waals surface area contributed by atoms with Crippen LogP contribution in [0.25, 0.3) is 0 Å². The van der Waals surface area contributed by atoms with Crippen LogP contribution in [0.1, 0.15) is 36.1 Å². The van der Waals surface area contributed by atoms with E-state index < -0.39 is 23.6 Å². The van der Waals surface area contributed by atoms with E-state index in [1.54, 1.807) is 18.2 Å². The van der Waals surface area contributed by atoms with Crippen LogP contribution in [0.5, 0.6) is 0 Å². The zero-order chi connectivity index (χ0) is 14.7. The minimum absolute atomic E-state index is 0.266. The van der Waals surface area contributed by atoms with Gasteiger partial charge in [-0.2, -0.15) is 0 Å². The molecule has 0 saturated heterocycles. The summed E-state index contributed by atoms with van der Waals surface area (Å²) in [4.78, 5) is 0. The Morgan fingerprint density at radius 1 is 1.05 bits per heavy atom. The highest BCUT2D eigenvalue weighted by atomic mass is 19.2. The van der Waals surface area contributed by atoms with Crippen LogP contribution in [-0.4, -0.2) is 5.11 Å². The number of hydrogen-bond acceptors (Lipinski definition) is 1. The van der Waals surface area contributed by atoms with E-state index in [4.69, 9.17) is 0 Å². The highest BCUT2D eigenvalue weighted by Crippen LogP contribution is 2.27. The fraction of sp³-hybridized carbons (Fsp3) is 0.250. The normalized spacial score (nSPS) is 12.4. The molecular formula is C16H15F3O.